The second kappa shape index (κ2) is 7.78. The number of hydrogen-bond acceptors (Lipinski definition) is 2. The van der Waals surface area contributed by atoms with Gasteiger partial charge in [-0.05, 0) is 44.2 Å². The first-order valence-electron chi connectivity index (χ1n) is 7.96. The number of carbonyl (C=O) groups excluding carboxylic acids is 2. The zero-order valence-electron chi connectivity index (χ0n) is 13.3. The molecule has 2 rings (SSSR count). The van der Waals surface area contributed by atoms with E-state index in [2.05, 4.69) is 22.8 Å². The third-order valence-corrected chi connectivity index (χ3v) is 4.00. The van der Waals surface area contributed by atoms with Crippen LogP contribution in [0.5, 0.6) is 0 Å². The standard InChI is InChI=1S/C18H24N2O2/c1-3-13(2)19-18(22)15-10-6-7-11-16(15)20-17(21)12-14-8-4-5-9-14/h4,6-8,10-11,13-14H,3,5,9,12H2,1-2H3,(H,19,22)(H,20,21). The van der Waals surface area contributed by atoms with E-state index in [9.17, 15) is 9.59 Å². The van der Waals surface area contributed by atoms with E-state index in [4.69, 9.17) is 0 Å². The van der Waals surface area contributed by atoms with Gasteiger partial charge in [-0.3, -0.25) is 9.59 Å². The van der Waals surface area contributed by atoms with Crippen LogP contribution < -0.4 is 10.6 Å². The molecule has 0 heterocycles. The minimum atomic E-state index is -0.147. The molecule has 2 unspecified atom stereocenters. The molecule has 1 aliphatic carbocycles. The van der Waals surface area contributed by atoms with Crippen LogP contribution in [0, 0.1) is 5.92 Å². The molecular formula is C18H24N2O2. The highest BCUT2D eigenvalue weighted by Crippen LogP contribution is 2.22. The molecule has 0 saturated heterocycles. The fourth-order valence-corrected chi connectivity index (χ4v) is 2.50. The Morgan fingerprint density at radius 3 is 2.77 bits per heavy atom. The summed E-state index contributed by atoms with van der Waals surface area (Å²) in [5.41, 5.74) is 1.09. The zero-order valence-corrected chi connectivity index (χ0v) is 13.3. The summed E-state index contributed by atoms with van der Waals surface area (Å²) in [6.07, 6.45) is 7.63. The van der Waals surface area contributed by atoms with Crippen LogP contribution in [0.1, 0.15) is 49.9 Å². The molecule has 0 aromatic heterocycles. The molecule has 0 fully saturated rings. The van der Waals surface area contributed by atoms with Crippen molar-refractivity contribution in [1.82, 2.24) is 5.32 Å². The molecule has 0 spiro atoms. The van der Waals surface area contributed by atoms with Crippen LogP contribution in [0.25, 0.3) is 0 Å². The van der Waals surface area contributed by atoms with E-state index >= 15 is 0 Å². The second-order valence-electron chi connectivity index (χ2n) is 5.85. The van der Waals surface area contributed by atoms with Crippen molar-refractivity contribution in [2.75, 3.05) is 5.32 Å². The fourth-order valence-electron chi connectivity index (χ4n) is 2.50. The van der Waals surface area contributed by atoms with E-state index in [1.165, 1.54) is 0 Å². The Bertz CT molecular complexity index is 566. The molecule has 4 nitrogen and oxygen atoms in total. The van der Waals surface area contributed by atoms with Gasteiger partial charge in [-0.15, -0.1) is 0 Å². The van der Waals surface area contributed by atoms with Crippen LogP contribution in [0.2, 0.25) is 0 Å². The van der Waals surface area contributed by atoms with Gasteiger partial charge in [-0.1, -0.05) is 31.2 Å². The van der Waals surface area contributed by atoms with Crippen molar-refractivity contribution in [2.45, 2.75) is 45.6 Å². The molecule has 0 radical (unpaired) electrons. The van der Waals surface area contributed by atoms with Crippen molar-refractivity contribution in [2.24, 2.45) is 5.92 Å². The number of amides is 2. The van der Waals surface area contributed by atoms with Crippen molar-refractivity contribution in [3.63, 3.8) is 0 Å². The molecule has 1 aromatic carbocycles. The topological polar surface area (TPSA) is 58.2 Å². The van der Waals surface area contributed by atoms with E-state index < -0.39 is 0 Å². The Morgan fingerprint density at radius 2 is 2.09 bits per heavy atom. The Balaban J connectivity index is 2.02. The van der Waals surface area contributed by atoms with Gasteiger partial charge < -0.3 is 10.6 Å². The molecular weight excluding hydrogens is 276 g/mol. The Morgan fingerprint density at radius 1 is 1.32 bits per heavy atom. The van der Waals surface area contributed by atoms with Crippen LogP contribution in [0.3, 0.4) is 0 Å². The molecule has 2 atom stereocenters. The smallest absolute Gasteiger partial charge is 0.253 e. The van der Waals surface area contributed by atoms with Gasteiger partial charge >= 0.3 is 0 Å². The SMILES string of the molecule is CCC(C)NC(=O)c1ccccc1NC(=O)CC1C=CCC1. The summed E-state index contributed by atoms with van der Waals surface area (Å²) >= 11 is 0. The first-order chi connectivity index (χ1) is 10.6. The molecule has 2 N–H and O–H groups in total. The largest absolute Gasteiger partial charge is 0.350 e. The lowest BCUT2D eigenvalue weighted by Gasteiger charge is -2.15. The quantitative estimate of drug-likeness (QED) is 0.790. The zero-order chi connectivity index (χ0) is 15.9. The van der Waals surface area contributed by atoms with Gasteiger partial charge in [0.1, 0.15) is 0 Å². The van der Waals surface area contributed by atoms with Gasteiger partial charge in [0.05, 0.1) is 11.3 Å². The number of anilines is 1. The highest BCUT2D eigenvalue weighted by atomic mass is 16.2. The number of benzene rings is 1. The Kier molecular flexibility index (Phi) is 5.75. The molecule has 118 valence electrons. The third kappa shape index (κ3) is 4.45. The lowest BCUT2D eigenvalue weighted by Crippen LogP contribution is -2.32. The predicted molar refractivity (Wildman–Crippen MR) is 88.8 cm³/mol. The molecule has 0 aliphatic heterocycles. The summed E-state index contributed by atoms with van der Waals surface area (Å²) in [5.74, 6) is 0.132. The minimum absolute atomic E-state index is 0.0414. The Hall–Kier alpha value is -2.10. The normalized spacial score (nSPS) is 18.0. The van der Waals surface area contributed by atoms with E-state index in [0.717, 1.165) is 19.3 Å². The van der Waals surface area contributed by atoms with E-state index in [1.54, 1.807) is 18.2 Å². The van der Waals surface area contributed by atoms with Gasteiger partial charge in [0, 0.05) is 12.5 Å². The minimum Gasteiger partial charge on any atom is -0.350 e. The third-order valence-electron chi connectivity index (χ3n) is 4.00. The first kappa shape index (κ1) is 16.3. The maximum atomic E-state index is 12.3. The van der Waals surface area contributed by atoms with Gasteiger partial charge in [-0.25, -0.2) is 0 Å². The fraction of sp³-hybridized carbons (Fsp3) is 0.444. The number of rotatable bonds is 6. The first-order valence-corrected chi connectivity index (χ1v) is 7.96. The van der Waals surface area contributed by atoms with Crippen LogP contribution in [0.4, 0.5) is 5.69 Å². The Labute approximate surface area is 132 Å². The van der Waals surface area contributed by atoms with Crippen LogP contribution >= 0.6 is 0 Å². The molecule has 22 heavy (non-hydrogen) atoms. The summed E-state index contributed by atoms with van der Waals surface area (Å²) in [7, 11) is 0. The summed E-state index contributed by atoms with van der Waals surface area (Å²) in [5, 5.41) is 5.81. The molecule has 1 aliphatic rings. The summed E-state index contributed by atoms with van der Waals surface area (Å²) in [6, 6.07) is 7.25. The van der Waals surface area contributed by atoms with Crippen LogP contribution in [-0.2, 0) is 4.79 Å². The van der Waals surface area contributed by atoms with Crippen LogP contribution in [0.15, 0.2) is 36.4 Å². The number of carbonyl (C=O) groups is 2. The van der Waals surface area contributed by atoms with Crippen molar-refractivity contribution >= 4 is 17.5 Å². The second-order valence-corrected chi connectivity index (χ2v) is 5.85. The molecule has 1 aromatic rings. The van der Waals surface area contributed by atoms with Gasteiger partial charge in [-0.2, -0.15) is 0 Å². The molecule has 0 bridgehead atoms. The van der Waals surface area contributed by atoms with Crippen molar-refractivity contribution in [1.29, 1.82) is 0 Å². The monoisotopic (exact) mass is 300 g/mol. The van der Waals surface area contributed by atoms with E-state index in [-0.39, 0.29) is 17.9 Å². The summed E-state index contributed by atoms with van der Waals surface area (Å²) in [6.45, 7) is 3.99. The number of hydrogen-bond donors (Lipinski definition) is 2. The molecule has 2 amide bonds. The van der Waals surface area contributed by atoms with Crippen LogP contribution in [-0.4, -0.2) is 17.9 Å². The number of nitrogens with one attached hydrogen (secondary N) is 2. The number of para-hydroxylation sites is 1. The van der Waals surface area contributed by atoms with Gasteiger partial charge in [0.2, 0.25) is 5.91 Å². The molecule has 0 saturated carbocycles. The molecule has 4 heteroatoms. The average Bonchev–Trinajstić information content (AvgIpc) is 3.00. The average molecular weight is 300 g/mol. The van der Waals surface area contributed by atoms with Crippen molar-refractivity contribution in [3.8, 4) is 0 Å². The summed E-state index contributed by atoms with van der Waals surface area (Å²) in [4.78, 5) is 24.4. The van der Waals surface area contributed by atoms with E-state index in [1.807, 2.05) is 19.9 Å². The highest BCUT2D eigenvalue weighted by Gasteiger charge is 2.17. The highest BCUT2D eigenvalue weighted by molar-refractivity contribution is 6.03. The van der Waals surface area contributed by atoms with Crippen molar-refractivity contribution in [3.05, 3.63) is 42.0 Å². The van der Waals surface area contributed by atoms with Crippen molar-refractivity contribution < 1.29 is 9.59 Å². The lowest BCUT2D eigenvalue weighted by atomic mass is 10.0. The summed E-state index contributed by atoms with van der Waals surface area (Å²) < 4.78 is 0. The van der Waals surface area contributed by atoms with Gasteiger partial charge in [0.15, 0.2) is 0 Å². The maximum Gasteiger partial charge on any atom is 0.253 e. The predicted octanol–water partition coefficient (Wildman–Crippen LogP) is 3.51. The maximum absolute atomic E-state index is 12.3. The van der Waals surface area contributed by atoms with E-state index in [0.29, 0.717) is 23.6 Å². The van der Waals surface area contributed by atoms with Gasteiger partial charge in [0.25, 0.3) is 5.91 Å². The lowest BCUT2D eigenvalue weighted by molar-refractivity contribution is -0.116. The number of allylic oxidation sites excluding steroid dienone is 2.